The highest BCUT2D eigenvalue weighted by molar-refractivity contribution is 5.94. The smallest absolute Gasteiger partial charge is 0.347 e. The molecule has 0 aliphatic carbocycles. The standard InChI is InChI=1S/C14H16F3N3O3/c15-14(16,17)8-19-11(21)9-3-6-20(7-4-9)13(23)10-2-1-5-18-12(10)22/h1-2,5,9H,3-4,6-8H2,(H,18,22)(H,19,21). The second-order valence-corrected chi connectivity index (χ2v) is 5.31. The lowest BCUT2D eigenvalue weighted by molar-refractivity contribution is -0.141. The number of alkyl halides is 3. The number of pyridine rings is 1. The number of nitrogens with one attached hydrogen (secondary N) is 2. The first-order valence-corrected chi connectivity index (χ1v) is 7.09. The second kappa shape index (κ2) is 6.84. The molecule has 9 heteroatoms. The van der Waals surface area contributed by atoms with Gasteiger partial charge in [-0.05, 0) is 25.0 Å². The lowest BCUT2D eigenvalue weighted by atomic mass is 9.95. The van der Waals surface area contributed by atoms with E-state index in [-0.39, 0.29) is 31.5 Å². The van der Waals surface area contributed by atoms with Crippen LogP contribution in [0.2, 0.25) is 0 Å². The van der Waals surface area contributed by atoms with Crippen molar-refractivity contribution >= 4 is 11.8 Å². The molecule has 1 aliphatic rings. The van der Waals surface area contributed by atoms with Crippen molar-refractivity contribution in [2.45, 2.75) is 19.0 Å². The van der Waals surface area contributed by atoms with Crippen LogP contribution in [0.25, 0.3) is 0 Å². The van der Waals surface area contributed by atoms with Gasteiger partial charge in [0.2, 0.25) is 5.91 Å². The Morgan fingerprint density at radius 3 is 2.52 bits per heavy atom. The first kappa shape index (κ1) is 17.0. The number of amides is 2. The van der Waals surface area contributed by atoms with Crippen molar-refractivity contribution in [3.8, 4) is 0 Å². The highest BCUT2D eigenvalue weighted by Gasteiger charge is 2.32. The molecule has 0 bridgehead atoms. The van der Waals surface area contributed by atoms with Crippen LogP contribution >= 0.6 is 0 Å². The molecule has 0 aromatic carbocycles. The van der Waals surface area contributed by atoms with Crippen LogP contribution in [0.1, 0.15) is 23.2 Å². The van der Waals surface area contributed by atoms with E-state index >= 15 is 0 Å². The number of rotatable bonds is 3. The number of likely N-dealkylation sites (tertiary alicyclic amines) is 1. The minimum absolute atomic E-state index is 0.00692. The average molecular weight is 331 g/mol. The molecule has 0 saturated carbocycles. The molecule has 2 heterocycles. The summed E-state index contributed by atoms with van der Waals surface area (Å²) in [5.74, 6) is -1.66. The van der Waals surface area contributed by atoms with E-state index in [4.69, 9.17) is 0 Å². The summed E-state index contributed by atoms with van der Waals surface area (Å²) in [7, 11) is 0. The number of hydrogen-bond donors (Lipinski definition) is 2. The van der Waals surface area contributed by atoms with E-state index in [2.05, 4.69) is 4.98 Å². The number of aromatic amines is 1. The maximum absolute atomic E-state index is 12.2. The van der Waals surface area contributed by atoms with Crippen LogP contribution in [0.3, 0.4) is 0 Å². The number of aromatic nitrogens is 1. The molecule has 23 heavy (non-hydrogen) atoms. The molecule has 0 atom stereocenters. The molecule has 1 aromatic rings. The summed E-state index contributed by atoms with van der Waals surface area (Å²) in [5.41, 5.74) is -0.491. The zero-order valence-corrected chi connectivity index (χ0v) is 12.2. The molecule has 2 rings (SSSR count). The quantitative estimate of drug-likeness (QED) is 0.863. The van der Waals surface area contributed by atoms with E-state index in [1.165, 1.54) is 23.2 Å². The van der Waals surface area contributed by atoms with Gasteiger partial charge in [-0.25, -0.2) is 0 Å². The van der Waals surface area contributed by atoms with Crippen molar-refractivity contribution in [1.29, 1.82) is 0 Å². The summed E-state index contributed by atoms with van der Waals surface area (Å²) < 4.78 is 36.2. The summed E-state index contributed by atoms with van der Waals surface area (Å²) in [6, 6.07) is 2.94. The Bertz CT molecular complexity index is 634. The van der Waals surface area contributed by atoms with Gasteiger partial charge in [0.05, 0.1) is 0 Å². The minimum atomic E-state index is -4.44. The van der Waals surface area contributed by atoms with Crippen LogP contribution in [-0.4, -0.2) is 47.5 Å². The Morgan fingerprint density at radius 1 is 1.30 bits per heavy atom. The highest BCUT2D eigenvalue weighted by atomic mass is 19.4. The van der Waals surface area contributed by atoms with Gasteiger partial charge >= 0.3 is 6.18 Å². The van der Waals surface area contributed by atoms with Gasteiger partial charge in [0.1, 0.15) is 12.1 Å². The maximum Gasteiger partial charge on any atom is 0.405 e. The van der Waals surface area contributed by atoms with Crippen LogP contribution in [0.15, 0.2) is 23.1 Å². The van der Waals surface area contributed by atoms with Gasteiger partial charge in [0, 0.05) is 25.2 Å². The van der Waals surface area contributed by atoms with Crippen LogP contribution in [0.4, 0.5) is 13.2 Å². The number of H-pyrrole nitrogens is 1. The highest BCUT2D eigenvalue weighted by Crippen LogP contribution is 2.19. The summed E-state index contributed by atoms with van der Waals surface area (Å²) in [6.07, 6.45) is -2.50. The molecule has 1 saturated heterocycles. The number of carbonyl (C=O) groups excluding carboxylic acids is 2. The zero-order chi connectivity index (χ0) is 17.0. The third-order valence-corrected chi connectivity index (χ3v) is 3.66. The van der Waals surface area contributed by atoms with E-state index in [1.54, 1.807) is 0 Å². The SMILES string of the molecule is O=C(NCC(F)(F)F)C1CCN(C(=O)c2ccc[nH]c2=O)CC1. The van der Waals surface area contributed by atoms with Crippen molar-refractivity contribution < 1.29 is 22.8 Å². The molecule has 126 valence electrons. The second-order valence-electron chi connectivity index (χ2n) is 5.31. The van der Waals surface area contributed by atoms with Crippen molar-refractivity contribution in [2.24, 2.45) is 5.92 Å². The monoisotopic (exact) mass is 331 g/mol. The van der Waals surface area contributed by atoms with Gasteiger partial charge < -0.3 is 15.2 Å². The normalized spacial score (nSPS) is 16.2. The summed E-state index contributed by atoms with van der Waals surface area (Å²) in [5, 5.41) is 1.85. The Morgan fingerprint density at radius 2 is 1.96 bits per heavy atom. The number of carbonyl (C=O) groups is 2. The Balaban J connectivity index is 1.89. The maximum atomic E-state index is 12.2. The molecule has 0 spiro atoms. The van der Waals surface area contributed by atoms with Crippen LogP contribution in [-0.2, 0) is 4.79 Å². The van der Waals surface area contributed by atoms with Crippen LogP contribution in [0.5, 0.6) is 0 Å². The lowest BCUT2D eigenvalue weighted by Crippen LogP contribution is -2.45. The van der Waals surface area contributed by atoms with E-state index < -0.39 is 36.0 Å². The number of nitrogens with zero attached hydrogens (tertiary/aromatic N) is 1. The Kier molecular flexibility index (Phi) is 5.07. The number of hydrogen-bond acceptors (Lipinski definition) is 3. The fourth-order valence-corrected chi connectivity index (χ4v) is 2.44. The predicted octanol–water partition coefficient (Wildman–Crippen LogP) is 0.906. The first-order chi connectivity index (χ1) is 10.8. The van der Waals surface area contributed by atoms with Crippen molar-refractivity contribution in [1.82, 2.24) is 15.2 Å². The lowest BCUT2D eigenvalue weighted by Gasteiger charge is -2.31. The molecule has 0 unspecified atom stereocenters. The topological polar surface area (TPSA) is 82.3 Å². The van der Waals surface area contributed by atoms with Gasteiger partial charge in [0.25, 0.3) is 11.5 Å². The van der Waals surface area contributed by atoms with Crippen molar-refractivity contribution in [2.75, 3.05) is 19.6 Å². The Hall–Kier alpha value is -2.32. The van der Waals surface area contributed by atoms with Gasteiger partial charge in [-0.15, -0.1) is 0 Å². The number of piperidine rings is 1. The third-order valence-electron chi connectivity index (χ3n) is 3.66. The molecule has 1 fully saturated rings. The van der Waals surface area contributed by atoms with Gasteiger partial charge in [-0.1, -0.05) is 0 Å². The fraction of sp³-hybridized carbons (Fsp3) is 0.500. The third kappa shape index (κ3) is 4.57. The summed E-state index contributed by atoms with van der Waals surface area (Å²) >= 11 is 0. The van der Waals surface area contributed by atoms with Crippen molar-refractivity contribution in [3.63, 3.8) is 0 Å². The van der Waals surface area contributed by atoms with Crippen LogP contribution in [0, 0.1) is 5.92 Å². The molecular weight excluding hydrogens is 315 g/mol. The van der Waals surface area contributed by atoms with Crippen LogP contribution < -0.4 is 10.9 Å². The van der Waals surface area contributed by atoms with E-state index in [0.717, 1.165) is 0 Å². The van der Waals surface area contributed by atoms with E-state index in [0.29, 0.717) is 0 Å². The molecule has 1 aromatic heterocycles. The first-order valence-electron chi connectivity index (χ1n) is 7.09. The summed E-state index contributed by atoms with van der Waals surface area (Å²) in [4.78, 5) is 39.3. The van der Waals surface area contributed by atoms with Crippen molar-refractivity contribution in [3.05, 3.63) is 34.2 Å². The molecule has 1 aliphatic heterocycles. The largest absolute Gasteiger partial charge is 0.405 e. The van der Waals surface area contributed by atoms with E-state index in [1.807, 2.05) is 5.32 Å². The number of halogens is 3. The molecular formula is C14H16F3N3O3. The van der Waals surface area contributed by atoms with E-state index in [9.17, 15) is 27.6 Å². The Labute approximate surface area is 129 Å². The fourth-order valence-electron chi connectivity index (χ4n) is 2.44. The molecule has 0 radical (unpaired) electrons. The van der Waals surface area contributed by atoms with Gasteiger partial charge in [-0.3, -0.25) is 14.4 Å². The molecule has 2 amide bonds. The summed E-state index contributed by atoms with van der Waals surface area (Å²) in [6.45, 7) is -0.918. The van der Waals surface area contributed by atoms with Gasteiger partial charge in [0.15, 0.2) is 0 Å². The molecule has 2 N–H and O–H groups in total. The molecule has 6 nitrogen and oxygen atoms in total. The average Bonchev–Trinajstić information content (AvgIpc) is 2.52. The predicted molar refractivity (Wildman–Crippen MR) is 74.8 cm³/mol. The zero-order valence-electron chi connectivity index (χ0n) is 12.2. The minimum Gasteiger partial charge on any atom is -0.347 e. The van der Waals surface area contributed by atoms with Gasteiger partial charge in [-0.2, -0.15) is 13.2 Å².